The van der Waals surface area contributed by atoms with E-state index >= 15 is 0 Å². The van der Waals surface area contributed by atoms with Gasteiger partial charge in [0.15, 0.2) is 6.61 Å². The number of ether oxygens (including phenoxy) is 2. The summed E-state index contributed by atoms with van der Waals surface area (Å²) in [5, 5.41) is 5.20. The highest BCUT2D eigenvalue weighted by Gasteiger charge is 2.18. The van der Waals surface area contributed by atoms with Crippen molar-refractivity contribution in [3.8, 4) is 5.75 Å². The molecule has 1 fully saturated rings. The van der Waals surface area contributed by atoms with Gasteiger partial charge in [0.1, 0.15) is 5.75 Å². The number of morpholine rings is 1. The van der Waals surface area contributed by atoms with E-state index in [0.29, 0.717) is 37.6 Å². The van der Waals surface area contributed by atoms with E-state index in [1.165, 1.54) is 10.9 Å². The first kappa shape index (κ1) is 22.0. The van der Waals surface area contributed by atoms with Crippen LogP contribution in [0.25, 0.3) is 21.8 Å². The maximum atomic E-state index is 12.5. The molecule has 174 valence electrons. The number of rotatable bonds is 6. The molecule has 0 atom stereocenters. The van der Waals surface area contributed by atoms with Crippen LogP contribution in [0.1, 0.15) is 17.3 Å². The highest BCUT2D eigenvalue weighted by Crippen LogP contribution is 2.31. The zero-order chi connectivity index (χ0) is 23.5. The van der Waals surface area contributed by atoms with Crippen LogP contribution in [0.2, 0.25) is 0 Å². The fourth-order valence-electron chi connectivity index (χ4n) is 4.46. The summed E-state index contributed by atoms with van der Waals surface area (Å²) in [5.41, 5.74) is 3.65. The Labute approximate surface area is 197 Å². The van der Waals surface area contributed by atoms with Crippen LogP contribution in [0.3, 0.4) is 0 Å². The number of nitrogens with zero attached hydrogens (tertiary/aromatic N) is 2. The Bertz CT molecular complexity index is 1340. The van der Waals surface area contributed by atoms with Crippen molar-refractivity contribution in [3.63, 3.8) is 0 Å². The van der Waals surface area contributed by atoms with Crippen molar-refractivity contribution in [2.45, 2.75) is 13.5 Å². The molecule has 7 heteroatoms. The summed E-state index contributed by atoms with van der Waals surface area (Å²) in [4.78, 5) is 26.8. The van der Waals surface area contributed by atoms with Gasteiger partial charge >= 0.3 is 0 Å². The SMILES string of the molecule is CCn1c2ccccc2c2cc(NC(=O)COc3ccc(C(=O)N4CCOCC4)cc3)ccc21. The van der Waals surface area contributed by atoms with Gasteiger partial charge in [-0.15, -0.1) is 0 Å². The molecule has 2 amide bonds. The summed E-state index contributed by atoms with van der Waals surface area (Å²) in [7, 11) is 0. The van der Waals surface area contributed by atoms with Crippen LogP contribution in [-0.2, 0) is 16.1 Å². The number of aromatic nitrogens is 1. The number of hydrogen-bond donors (Lipinski definition) is 1. The van der Waals surface area contributed by atoms with Crippen molar-refractivity contribution in [1.82, 2.24) is 9.47 Å². The van der Waals surface area contributed by atoms with E-state index in [9.17, 15) is 9.59 Å². The number of hydrogen-bond acceptors (Lipinski definition) is 4. The zero-order valence-corrected chi connectivity index (χ0v) is 19.1. The highest BCUT2D eigenvalue weighted by molar-refractivity contribution is 6.09. The number of nitrogens with one attached hydrogen (secondary N) is 1. The summed E-state index contributed by atoms with van der Waals surface area (Å²) in [6.07, 6.45) is 0. The van der Waals surface area contributed by atoms with Crippen LogP contribution in [-0.4, -0.2) is 54.2 Å². The van der Waals surface area contributed by atoms with Gasteiger partial charge in [0, 0.05) is 52.7 Å². The van der Waals surface area contributed by atoms with Crippen molar-refractivity contribution in [2.24, 2.45) is 0 Å². The molecule has 1 N–H and O–H groups in total. The Morgan fingerprint density at radius 1 is 0.941 bits per heavy atom. The monoisotopic (exact) mass is 457 g/mol. The number of anilines is 1. The molecule has 0 saturated carbocycles. The van der Waals surface area contributed by atoms with Crippen LogP contribution < -0.4 is 10.1 Å². The first-order valence-electron chi connectivity index (χ1n) is 11.5. The Kier molecular flexibility index (Phi) is 6.18. The molecule has 1 aromatic heterocycles. The van der Waals surface area contributed by atoms with Crippen molar-refractivity contribution >= 4 is 39.3 Å². The quantitative estimate of drug-likeness (QED) is 0.469. The van der Waals surface area contributed by atoms with Crippen LogP contribution in [0, 0.1) is 0 Å². The van der Waals surface area contributed by atoms with E-state index in [1.54, 1.807) is 29.2 Å². The smallest absolute Gasteiger partial charge is 0.262 e. The number of aryl methyl sites for hydroxylation is 1. The van der Waals surface area contributed by atoms with E-state index < -0.39 is 0 Å². The van der Waals surface area contributed by atoms with E-state index in [4.69, 9.17) is 9.47 Å². The second-order valence-electron chi connectivity index (χ2n) is 8.26. The lowest BCUT2D eigenvalue weighted by Gasteiger charge is -2.26. The second kappa shape index (κ2) is 9.57. The number of carbonyl (C=O) groups is 2. The Morgan fingerprint density at radius 2 is 1.68 bits per heavy atom. The van der Waals surface area contributed by atoms with Gasteiger partial charge in [0.2, 0.25) is 0 Å². The number of amides is 2. The molecule has 4 aromatic rings. The predicted octanol–water partition coefficient (Wildman–Crippen LogP) is 4.30. The van der Waals surface area contributed by atoms with Gasteiger partial charge in [-0.25, -0.2) is 0 Å². The van der Waals surface area contributed by atoms with Gasteiger partial charge in [-0.2, -0.15) is 0 Å². The maximum Gasteiger partial charge on any atom is 0.262 e. The third kappa shape index (κ3) is 4.34. The third-order valence-corrected chi connectivity index (χ3v) is 6.14. The minimum Gasteiger partial charge on any atom is -0.484 e. The number of benzene rings is 3. The molecule has 34 heavy (non-hydrogen) atoms. The van der Waals surface area contributed by atoms with Crippen LogP contribution in [0.5, 0.6) is 5.75 Å². The van der Waals surface area contributed by atoms with Gasteiger partial charge in [0.25, 0.3) is 11.8 Å². The molecule has 0 aliphatic carbocycles. The van der Waals surface area contributed by atoms with Gasteiger partial charge in [0.05, 0.1) is 13.2 Å². The first-order chi connectivity index (χ1) is 16.6. The molecule has 1 aliphatic heterocycles. The first-order valence-corrected chi connectivity index (χ1v) is 11.5. The molecular weight excluding hydrogens is 430 g/mol. The van der Waals surface area contributed by atoms with Crippen LogP contribution in [0.15, 0.2) is 66.7 Å². The Morgan fingerprint density at radius 3 is 2.44 bits per heavy atom. The Balaban J connectivity index is 1.22. The average molecular weight is 458 g/mol. The van der Waals surface area contributed by atoms with E-state index in [-0.39, 0.29) is 18.4 Å². The molecule has 7 nitrogen and oxygen atoms in total. The summed E-state index contributed by atoms with van der Waals surface area (Å²) >= 11 is 0. The topological polar surface area (TPSA) is 72.8 Å². The minimum absolute atomic E-state index is 0.0209. The fraction of sp³-hybridized carbons (Fsp3) is 0.259. The lowest BCUT2D eigenvalue weighted by molar-refractivity contribution is -0.118. The molecule has 1 saturated heterocycles. The van der Waals surface area contributed by atoms with Crippen LogP contribution >= 0.6 is 0 Å². The lowest BCUT2D eigenvalue weighted by atomic mass is 10.1. The molecule has 0 radical (unpaired) electrons. The summed E-state index contributed by atoms with van der Waals surface area (Å²) in [6.45, 7) is 5.21. The summed E-state index contributed by atoms with van der Waals surface area (Å²) in [6, 6.07) is 21.1. The molecule has 0 unspecified atom stereocenters. The summed E-state index contributed by atoms with van der Waals surface area (Å²) < 4.78 is 13.2. The normalized spacial score (nSPS) is 13.9. The van der Waals surface area contributed by atoms with Crippen LogP contribution in [0.4, 0.5) is 5.69 Å². The largest absolute Gasteiger partial charge is 0.484 e. The second-order valence-corrected chi connectivity index (χ2v) is 8.26. The third-order valence-electron chi connectivity index (χ3n) is 6.14. The maximum absolute atomic E-state index is 12.5. The van der Waals surface area contributed by atoms with Crippen molar-refractivity contribution in [3.05, 3.63) is 72.3 Å². The van der Waals surface area contributed by atoms with E-state index in [2.05, 4.69) is 28.9 Å². The highest BCUT2D eigenvalue weighted by atomic mass is 16.5. The Hall–Kier alpha value is -3.84. The number of fused-ring (bicyclic) bond motifs is 3. The number of carbonyl (C=O) groups excluding carboxylic acids is 2. The molecular formula is C27H27N3O4. The minimum atomic E-state index is -0.243. The van der Waals surface area contributed by atoms with Crippen molar-refractivity contribution in [1.29, 1.82) is 0 Å². The molecule has 0 spiro atoms. The van der Waals surface area contributed by atoms with Gasteiger partial charge < -0.3 is 24.3 Å². The molecule has 3 aromatic carbocycles. The molecule has 5 rings (SSSR count). The molecule has 2 heterocycles. The lowest BCUT2D eigenvalue weighted by Crippen LogP contribution is -2.40. The van der Waals surface area contributed by atoms with Crippen molar-refractivity contribution < 1.29 is 19.1 Å². The van der Waals surface area contributed by atoms with Gasteiger partial charge in [-0.3, -0.25) is 9.59 Å². The fourth-order valence-corrected chi connectivity index (χ4v) is 4.46. The van der Waals surface area contributed by atoms with E-state index in [1.807, 2.05) is 30.3 Å². The van der Waals surface area contributed by atoms with E-state index in [0.717, 1.165) is 23.1 Å². The van der Waals surface area contributed by atoms with Gasteiger partial charge in [-0.05, 0) is 55.5 Å². The van der Waals surface area contributed by atoms with Crippen molar-refractivity contribution in [2.75, 3.05) is 38.2 Å². The number of para-hydroxylation sites is 1. The zero-order valence-electron chi connectivity index (χ0n) is 19.1. The average Bonchev–Trinajstić information content (AvgIpc) is 3.21. The predicted molar refractivity (Wildman–Crippen MR) is 132 cm³/mol. The molecule has 0 bridgehead atoms. The molecule has 1 aliphatic rings. The standard InChI is InChI=1S/C27H27N3O4/c1-2-30-24-6-4-3-5-22(24)23-17-20(9-12-25(23)30)28-26(31)18-34-21-10-7-19(8-11-21)27(32)29-13-15-33-16-14-29/h3-12,17H,2,13-16,18H2,1H3,(H,28,31). The van der Waals surface area contributed by atoms with Gasteiger partial charge in [-0.1, -0.05) is 18.2 Å². The summed E-state index contributed by atoms with van der Waals surface area (Å²) in [5.74, 6) is 0.273.